The Morgan fingerprint density at radius 3 is 2.38 bits per heavy atom. The first-order valence-corrected chi connectivity index (χ1v) is 9.08. The Kier molecular flexibility index (Phi) is 13.1. The molecule has 0 aliphatic carbocycles. The van der Waals surface area contributed by atoms with Crippen molar-refractivity contribution in [3.63, 3.8) is 0 Å². The Bertz CT molecular complexity index is 261. The monoisotopic (exact) mass is 324 g/mol. The summed E-state index contributed by atoms with van der Waals surface area (Å²) in [5.74, 6) is 1.07. The normalized spacial score (nSPS) is 12.9. The summed E-state index contributed by atoms with van der Waals surface area (Å²) in [5.41, 5.74) is 0. The first kappa shape index (κ1) is 20.7. The third-order valence-corrected chi connectivity index (χ3v) is 4.38. The van der Waals surface area contributed by atoms with Gasteiger partial charge >= 0.3 is 5.97 Å². The first-order chi connectivity index (χ1) is 9.97. The number of alkyl halides is 2. The molecular weight excluding hydrogens is 294 g/mol. The SMILES string of the molecule is CCCCC(SCCCCCC(F)F)C(=O)OCC(C)C. The summed E-state index contributed by atoms with van der Waals surface area (Å²) in [6, 6.07) is 0. The van der Waals surface area contributed by atoms with E-state index in [1.807, 2.05) is 13.8 Å². The number of halogens is 2. The fraction of sp³-hybridized carbons (Fsp3) is 0.938. The summed E-state index contributed by atoms with van der Waals surface area (Å²) in [6.07, 6.45) is 2.96. The van der Waals surface area contributed by atoms with Crippen molar-refractivity contribution in [2.75, 3.05) is 12.4 Å². The van der Waals surface area contributed by atoms with Crippen molar-refractivity contribution >= 4 is 17.7 Å². The summed E-state index contributed by atoms with van der Waals surface area (Å²) >= 11 is 1.62. The molecule has 0 bridgehead atoms. The highest BCUT2D eigenvalue weighted by Crippen LogP contribution is 2.21. The third-order valence-electron chi connectivity index (χ3n) is 3.03. The molecule has 0 saturated heterocycles. The van der Waals surface area contributed by atoms with Crippen LogP contribution in [0.5, 0.6) is 0 Å². The zero-order valence-corrected chi connectivity index (χ0v) is 14.4. The molecule has 0 amide bonds. The van der Waals surface area contributed by atoms with Gasteiger partial charge in [0.1, 0.15) is 5.25 Å². The zero-order valence-electron chi connectivity index (χ0n) is 13.6. The number of thioether (sulfide) groups is 1. The maximum absolute atomic E-state index is 12.0. The molecule has 0 aromatic rings. The van der Waals surface area contributed by atoms with Gasteiger partial charge in [0, 0.05) is 6.42 Å². The van der Waals surface area contributed by atoms with Crippen LogP contribution in [0.4, 0.5) is 8.78 Å². The molecule has 1 unspecified atom stereocenters. The topological polar surface area (TPSA) is 26.3 Å². The predicted octanol–water partition coefficient (Wildman–Crippen LogP) is 5.30. The fourth-order valence-corrected chi connectivity index (χ4v) is 3.00. The van der Waals surface area contributed by atoms with E-state index >= 15 is 0 Å². The second-order valence-electron chi connectivity index (χ2n) is 5.77. The van der Waals surface area contributed by atoms with Crippen molar-refractivity contribution in [2.24, 2.45) is 5.92 Å². The predicted molar refractivity (Wildman–Crippen MR) is 86.0 cm³/mol. The maximum atomic E-state index is 12.0. The molecule has 0 aromatic heterocycles. The van der Waals surface area contributed by atoms with Gasteiger partial charge in [-0.15, -0.1) is 11.8 Å². The van der Waals surface area contributed by atoms with Crippen LogP contribution < -0.4 is 0 Å². The fourth-order valence-electron chi connectivity index (χ4n) is 1.80. The van der Waals surface area contributed by atoms with Crippen LogP contribution in [0.1, 0.15) is 65.7 Å². The molecule has 126 valence electrons. The van der Waals surface area contributed by atoms with E-state index < -0.39 is 6.43 Å². The van der Waals surface area contributed by atoms with Crippen LogP contribution in [0.2, 0.25) is 0 Å². The molecule has 0 N–H and O–H groups in total. The van der Waals surface area contributed by atoms with Crippen molar-refractivity contribution in [1.29, 1.82) is 0 Å². The lowest BCUT2D eigenvalue weighted by Crippen LogP contribution is -2.22. The largest absolute Gasteiger partial charge is 0.465 e. The van der Waals surface area contributed by atoms with Gasteiger partial charge in [0.25, 0.3) is 0 Å². The number of ether oxygens (including phenoxy) is 1. The molecule has 0 aliphatic rings. The van der Waals surface area contributed by atoms with Gasteiger partial charge in [-0.25, -0.2) is 8.78 Å². The van der Waals surface area contributed by atoms with Gasteiger partial charge in [0.15, 0.2) is 0 Å². The van der Waals surface area contributed by atoms with Gasteiger partial charge in [-0.05, 0) is 30.9 Å². The molecule has 5 heteroatoms. The quantitative estimate of drug-likeness (QED) is 0.339. The highest BCUT2D eigenvalue weighted by molar-refractivity contribution is 8.00. The van der Waals surface area contributed by atoms with E-state index in [1.165, 1.54) is 0 Å². The molecule has 0 aromatic carbocycles. The number of hydrogen-bond donors (Lipinski definition) is 0. The molecule has 21 heavy (non-hydrogen) atoms. The van der Waals surface area contributed by atoms with E-state index in [0.717, 1.165) is 37.9 Å². The molecule has 0 rings (SSSR count). The van der Waals surface area contributed by atoms with Crippen LogP contribution in [0, 0.1) is 5.92 Å². The third kappa shape index (κ3) is 13.1. The van der Waals surface area contributed by atoms with Crippen LogP contribution in [0.15, 0.2) is 0 Å². The number of unbranched alkanes of at least 4 members (excludes halogenated alkanes) is 3. The van der Waals surface area contributed by atoms with E-state index in [2.05, 4.69) is 6.92 Å². The molecule has 2 nitrogen and oxygen atoms in total. The lowest BCUT2D eigenvalue weighted by atomic mass is 10.2. The van der Waals surface area contributed by atoms with Crippen molar-refractivity contribution in [1.82, 2.24) is 0 Å². The van der Waals surface area contributed by atoms with Gasteiger partial charge in [-0.3, -0.25) is 4.79 Å². The Balaban J connectivity index is 3.91. The summed E-state index contributed by atoms with van der Waals surface area (Å²) in [6.45, 7) is 6.61. The van der Waals surface area contributed by atoms with Gasteiger partial charge in [0.2, 0.25) is 6.43 Å². The molecular formula is C16H30F2O2S. The number of esters is 1. The summed E-state index contributed by atoms with van der Waals surface area (Å²) < 4.78 is 29.3. The second-order valence-corrected chi connectivity index (χ2v) is 7.08. The molecule has 0 fully saturated rings. The van der Waals surface area contributed by atoms with E-state index in [0.29, 0.717) is 18.9 Å². The van der Waals surface area contributed by atoms with Gasteiger partial charge < -0.3 is 4.74 Å². The Morgan fingerprint density at radius 1 is 1.10 bits per heavy atom. The Morgan fingerprint density at radius 2 is 1.81 bits per heavy atom. The molecule has 1 atom stereocenters. The minimum Gasteiger partial charge on any atom is -0.465 e. The maximum Gasteiger partial charge on any atom is 0.319 e. The standard InChI is InChI=1S/C16H30F2O2S/c1-4-5-9-14(16(19)20-12-13(2)3)21-11-8-6-7-10-15(17)18/h13-15H,4-12H2,1-3H3. The second kappa shape index (κ2) is 13.4. The van der Waals surface area contributed by atoms with E-state index in [9.17, 15) is 13.6 Å². The first-order valence-electron chi connectivity index (χ1n) is 8.03. The number of carbonyl (C=O) groups is 1. The molecule has 0 spiro atoms. The highest BCUT2D eigenvalue weighted by Gasteiger charge is 2.20. The van der Waals surface area contributed by atoms with Crippen LogP contribution in [0.3, 0.4) is 0 Å². The lowest BCUT2D eigenvalue weighted by Gasteiger charge is -2.16. The molecule has 0 radical (unpaired) electrons. The van der Waals surface area contributed by atoms with E-state index in [1.54, 1.807) is 11.8 Å². The molecule has 0 heterocycles. The molecule has 0 aliphatic heterocycles. The minimum atomic E-state index is -2.19. The molecule has 0 saturated carbocycles. The van der Waals surface area contributed by atoms with Crippen molar-refractivity contribution in [3.05, 3.63) is 0 Å². The zero-order chi connectivity index (χ0) is 16.1. The average molecular weight is 324 g/mol. The van der Waals surface area contributed by atoms with Crippen molar-refractivity contribution < 1.29 is 18.3 Å². The van der Waals surface area contributed by atoms with Crippen molar-refractivity contribution in [3.8, 4) is 0 Å². The van der Waals surface area contributed by atoms with Gasteiger partial charge in [0.05, 0.1) is 6.61 Å². The highest BCUT2D eigenvalue weighted by atomic mass is 32.2. The average Bonchev–Trinajstić information content (AvgIpc) is 2.42. The van der Waals surface area contributed by atoms with E-state index in [4.69, 9.17) is 4.74 Å². The summed E-state index contributed by atoms with van der Waals surface area (Å²) in [5, 5.41) is -0.0983. The van der Waals surface area contributed by atoms with Gasteiger partial charge in [-0.2, -0.15) is 0 Å². The van der Waals surface area contributed by atoms with E-state index in [-0.39, 0.29) is 17.6 Å². The summed E-state index contributed by atoms with van der Waals surface area (Å²) in [4.78, 5) is 12.0. The number of hydrogen-bond acceptors (Lipinski definition) is 3. The summed E-state index contributed by atoms with van der Waals surface area (Å²) in [7, 11) is 0. The Labute approximate surface area is 132 Å². The number of carbonyl (C=O) groups excluding carboxylic acids is 1. The Hall–Kier alpha value is -0.320. The van der Waals surface area contributed by atoms with Crippen LogP contribution >= 0.6 is 11.8 Å². The number of rotatable bonds is 13. The van der Waals surface area contributed by atoms with Crippen molar-refractivity contribution in [2.45, 2.75) is 77.4 Å². The lowest BCUT2D eigenvalue weighted by molar-refractivity contribution is -0.144. The smallest absolute Gasteiger partial charge is 0.319 e. The van der Waals surface area contributed by atoms with Gasteiger partial charge in [-0.1, -0.05) is 40.0 Å². The van der Waals surface area contributed by atoms with Crippen LogP contribution in [0.25, 0.3) is 0 Å². The van der Waals surface area contributed by atoms with Crippen LogP contribution in [-0.2, 0) is 9.53 Å². The van der Waals surface area contributed by atoms with Crippen LogP contribution in [-0.4, -0.2) is 30.0 Å². The minimum absolute atomic E-state index is 0.0135.